The number of fused-ring (bicyclic) bond motifs is 5. The molecule has 0 amide bonds. The molecule has 1 aromatic heterocycles. The van der Waals surface area contributed by atoms with Crippen molar-refractivity contribution >= 4 is 21.6 Å². The van der Waals surface area contributed by atoms with Crippen LogP contribution in [0, 0.1) is 41.4 Å². The Morgan fingerprint density at radius 2 is 1.89 bits per heavy atom. The van der Waals surface area contributed by atoms with Crippen LogP contribution in [0.1, 0.15) is 81.0 Å². The van der Waals surface area contributed by atoms with Gasteiger partial charge in [0, 0.05) is 71.7 Å². The summed E-state index contributed by atoms with van der Waals surface area (Å²) < 4.78 is 13.1. The van der Waals surface area contributed by atoms with Crippen LogP contribution in [0.4, 0.5) is 0 Å². The van der Waals surface area contributed by atoms with Gasteiger partial charge in [0.2, 0.25) is 0 Å². The second-order valence-electron chi connectivity index (χ2n) is 16.4. The minimum absolute atomic E-state index is 0.0114. The van der Waals surface area contributed by atoms with E-state index in [0.717, 1.165) is 72.9 Å². The topological polar surface area (TPSA) is 173 Å². The molecule has 0 radical (unpaired) electrons. The highest BCUT2D eigenvalue weighted by Gasteiger charge is 2.42. The van der Waals surface area contributed by atoms with E-state index in [1.54, 1.807) is 27.7 Å². The number of aliphatic hydroxyl groups is 4. The molecule has 0 spiro atoms. The molecule has 3 heterocycles. The van der Waals surface area contributed by atoms with Crippen LogP contribution in [0.15, 0.2) is 65.2 Å². The molecule has 0 saturated carbocycles. The Hall–Kier alpha value is -3.02. The Balaban J connectivity index is 1.24. The van der Waals surface area contributed by atoms with Crippen molar-refractivity contribution in [3.8, 4) is 23.3 Å². The minimum atomic E-state index is -1.02. The van der Waals surface area contributed by atoms with Crippen LogP contribution in [-0.4, -0.2) is 92.8 Å². The lowest BCUT2D eigenvalue weighted by Gasteiger charge is -2.35. The molecule has 57 heavy (non-hydrogen) atoms. The predicted molar refractivity (Wildman–Crippen MR) is 228 cm³/mol. The molecule has 9 N–H and O–H groups in total. The summed E-state index contributed by atoms with van der Waals surface area (Å²) >= 11 is 0. The first-order valence-electron chi connectivity index (χ1n) is 21.0. The second-order valence-corrected chi connectivity index (χ2v) is 18.9. The number of H-pyrrole nitrogens is 1. The molecule has 2 aromatic rings. The first-order chi connectivity index (χ1) is 27.8. The van der Waals surface area contributed by atoms with Crippen LogP contribution in [0.5, 0.6) is 11.5 Å². The van der Waals surface area contributed by atoms with E-state index in [1.165, 1.54) is 5.57 Å². The molecule has 5 aliphatic rings. The maximum absolute atomic E-state index is 12.2. The van der Waals surface area contributed by atoms with Gasteiger partial charge in [0.05, 0.1) is 31.5 Å². The van der Waals surface area contributed by atoms with Crippen LogP contribution in [0.3, 0.4) is 0 Å². The molecule has 310 valence electrons. The number of aromatic amines is 1. The Morgan fingerprint density at radius 1 is 1.04 bits per heavy atom. The molecule has 7 rings (SSSR count). The Kier molecular flexibility index (Phi) is 14.6. The summed E-state index contributed by atoms with van der Waals surface area (Å²) in [5.41, 5.74) is 13.1. The third kappa shape index (κ3) is 9.89. The lowest BCUT2D eigenvalue weighted by Crippen LogP contribution is -2.42. The molecular weight excluding hydrogens is 759 g/mol. The average molecular weight is 820 g/mol. The van der Waals surface area contributed by atoms with Gasteiger partial charge in [-0.25, -0.2) is 0 Å². The SMILES string of the molecule is CCC1C#CC2C=C3CCc4cc(O)c(OC5CC(Cc6ccc[nH]6)C6=CCNC(N)=C6CSSCC(CO)C5O)cc4C3CC(O)C2C(OCCO)CCCC1. The zero-order valence-electron chi connectivity index (χ0n) is 33.1. The molecule has 3 aliphatic carbocycles. The van der Waals surface area contributed by atoms with Crippen molar-refractivity contribution in [3.05, 3.63) is 82.0 Å². The minimum Gasteiger partial charge on any atom is -0.504 e. The maximum Gasteiger partial charge on any atom is 0.161 e. The van der Waals surface area contributed by atoms with Crippen LogP contribution in [0.25, 0.3) is 0 Å². The number of nitrogens with two attached hydrogens (primary N) is 1. The number of allylic oxidation sites excluding steroid dienone is 3. The van der Waals surface area contributed by atoms with Crippen molar-refractivity contribution < 1.29 is 35.0 Å². The number of phenolic OH excluding ortho intramolecular Hbond substituents is 1. The lowest BCUT2D eigenvalue weighted by molar-refractivity contribution is -0.0602. The van der Waals surface area contributed by atoms with Crippen molar-refractivity contribution in [1.82, 2.24) is 10.3 Å². The number of nitrogens with one attached hydrogen (secondary N) is 2. The first kappa shape index (κ1) is 42.1. The summed E-state index contributed by atoms with van der Waals surface area (Å²) in [6, 6.07) is 7.78. The van der Waals surface area contributed by atoms with Crippen LogP contribution < -0.4 is 15.8 Å². The summed E-state index contributed by atoms with van der Waals surface area (Å²) in [4.78, 5) is 3.35. The van der Waals surface area contributed by atoms with E-state index in [1.807, 2.05) is 18.3 Å². The number of phenols is 1. The zero-order chi connectivity index (χ0) is 39.9. The van der Waals surface area contributed by atoms with Crippen LogP contribution in [-0.2, 0) is 17.6 Å². The van der Waals surface area contributed by atoms with Gasteiger partial charge < -0.3 is 51.0 Å². The fourth-order valence-electron chi connectivity index (χ4n) is 9.72. The van der Waals surface area contributed by atoms with Gasteiger partial charge in [-0.05, 0) is 98.2 Å². The molecule has 0 bridgehead atoms. The largest absolute Gasteiger partial charge is 0.504 e. The van der Waals surface area contributed by atoms with Gasteiger partial charge in [-0.15, -0.1) is 0 Å². The van der Waals surface area contributed by atoms with Crippen molar-refractivity contribution in [1.29, 1.82) is 0 Å². The molecule has 1 fully saturated rings. The average Bonchev–Trinajstić information content (AvgIpc) is 3.67. The highest BCUT2D eigenvalue weighted by Crippen LogP contribution is 2.48. The summed E-state index contributed by atoms with van der Waals surface area (Å²) in [5.74, 6) is 8.61. The van der Waals surface area contributed by atoms with Gasteiger partial charge in [0.15, 0.2) is 11.5 Å². The smallest absolute Gasteiger partial charge is 0.161 e. The highest BCUT2D eigenvalue weighted by molar-refractivity contribution is 8.76. The molecule has 10 atom stereocenters. The van der Waals surface area contributed by atoms with Gasteiger partial charge in [0.1, 0.15) is 11.9 Å². The van der Waals surface area contributed by atoms with E-state index >= 15 is 0 Å². The Labute approximate surface area is 345 Å². The number of benzene rings is 1. The Morgan fingerprint density at radius 3 is 2.68 bits per heavy atom. The monoisotopic (exact) mass is 819 g/mol. The molecule has 1 saturated heterocycles. The van der Waals surface area contributed by atoms with Gasteiger partial charge in [-0.2, -0.15) is 0 Å². The number of aromatic nitrogens is 1. The van der Waals surface area contributed by atoms with Crippen molar-refractivity contribution in [2.45, 2.75) is 101 Å². The number of aromatic hydroxyl groups is 1. The third-order valence-corrected chi connectivity index (χ3v) is 15.3. The number of hydrogen-bond donors (Lipinski definition) is 8. The van der Waals surface area contributed by atoms with Gasteiger partial charge in [-0.3, -0.25) is 0 Å². The third-order valence-electron chi connectivity index (χ3n) is 12.9. The number of hydrogen-bond acceptors (Lipinski definition) is 11. The normalized spacial score (nSPS) is 32.2. The summed E-state index contributed by atoms with van der Waals surface area (Å²) in [6.45, 7) is 2.74. The standard InChI is InChI=1S/C45H61N3O7S2/c1-2-27-6-3-4-8-40(54-17-16-49)43-30(10-9-27)18-28-11-12-29-20-38(51)41(23-36(29)35(28)22-39(43)52)55-42-21-31(19-33-7-5-14-47-33)34-13-15-48-45(46)37(34)26-57-56-25-32(24-50)44(42)53/h5,7,13-14,18,20,23,27,30-32,35,39-40,42-44,47-53H,2-4,6,8,11-12,15-17,19,21-22,24-26,46H2,1H3. The lowest BCUT2D eigenvalue weighted by atomic mass is 9.76. The number of aryl methyl sites for hydroxylation is 1. The number of rotatable bonds is 9. The second kappa shape index (κ2) is 19.8. The molecule has 2 aliphatic heterocycles. The quantitative estimate of drug-likeness (QED) is 0.0885. The molecule has 10 unspecified atom stereocenters. The predicted octanol–water partition coefficient (Wildman–Crippen LogP) is 5.72. The van der Waals surface area contributed by atoms with E-state index in [2.05, 4.69) is 47.3 Å². The number of dihydropyridines is 1. The molecular formula is C45H61N3O7S2. The van der Waals surface area contributed by atoms with Crippen LogP contribution in [0.2, 0.25) is 0 Å². The fraction of sp³-hybridized carbons (Fsp3) is 0.600. The molecule has 12 heteroatoms. The van der Waals surface area contributed by atoms with Crippen molar-refractivity contribution in [3.63, 3.8) is 0 Å². The van der Waals surface area contributed by atoms with E-state index in [4.69, 9.17) is 15.2 Å². The molecule has 1 aromatic carbocycles. The summed E-state index contributed by atoms with van der Waals surface area (Å²) in [6.07, 6.45) is 11.7. The number of ether oxygens (including phenoxy) is 2. The first-order valence-corrected chi connectivity index (χ1v) is 23.5. The van der Waals surface area contributed by atoms with Crippen molar-refractivity contribution in [2.75, 3.05) is 37.9 Å². The zero-order valence-corrected chi connectivity index (χ0v) is 34.7. The maximum atomic E-state index is 12.2. The summed E-state index contributed by atoms with van der Waals surface area (Å²) in [5, 5.41) is 59.4. The number of aliphatic hydroxyl groups excluding tert-OH is 4. The summed E-state index contributed by atoms with van der Waals surface area (Å²) in [7, 11) is 3.27. The van der Waals surface area contributed by atoms with E-state index < -0.39 is 24.2 Å². The van der Waals surface area contributed by atoms with Gasteiger partial charge >= 0.3 is 0 Å². The highest BCUT2D eigenvalue weighted by atomic mass is 33.1. The van der Waals surface area contributed by atoms with Gasteiger partial charge in [-0.1, -0.05) is 70.9 Å². The van der Waals surface area contributed by atoms with Gasteiger partial charge in [0.25, 0.3) is 0 Å². The molecule has 10 nitrogen and oxygen atoms in total. The van der Waals surface area contributed by atoms with Crippen molar-refractivity contribution in [2.24, 2.45) is 35.3 Å². The van der Waals surface area contributed by atoms with E-state index in [9.17, 15) is 25.5 Å². The van der Waals surface area contributed by atoms with Crippen LogP contribution >= 0.6 is 21.6 Å². The van der Waals surface area contributed by atoms with E-state index in [0.29, 0.717) is 49.1 Å². The fourth-order valence-corrected chi connectivity index (χ4v) is 12.2. The Bertz CT molecular complexity index is 1820. The van der Waals surface area contributed by atoms with E-state index in [-0.39, 0.29) is 61.1 Å².